The monoisotopic (exact) mass is 291 g/mol. The van der Waals surface area contributed by atoms with Gasteiger partial charge in [-0.25, -0.2) is 4.68 Å². The number of hydrogen-bond donors (Lipinski definition) is 1. The molecule has 0 radical (unpaired) electrons. The van der Waals surface area contributed by atoms with Crippen LogP contribution in [0.3, 0.4) is 0 Å². The number of anilines is 1. The molecule has 1 aliphatic rings. The summed E-state index contributed by atoms with van der Waals surface area (Å²) in [4.78, 5) is 0. The first-order valence-electron chi connectivity index (χ1n) is 4.67. The molecule has 13 heavy (non-hydrogen) atoms. The summed E-state index contributed by atoms with van der Waals surface area (Å²) in [6.07, 6.45) is 4.06. The molecule has 0 bridgehead atoms. The molecule has 0 aliphatic heterocycles. The zero-order valence-electron chi connectivity index (χ0n) is 7.76. The van der Waals surface area contributed by atoms with Crippen molar-refractivity contribution in [3.63, 3.8) is 0 Å². The number of aryl methyl sites for hydroxylation is 1. The molecule has 72 valence electrons. The Morgan fingerprint density at radius 1 is 1.62 bits per heavy atom. The quantitative estimate of drug-likeness (QED) is 0.849. The van der Waals surface area contributed by atoms with Crippen molar-refractivity contribution in [2.45, 2.75) is 32.7 Å². The van der Waals surface area contributed by atoms with Crippen molar-refractivity contribution in [2.24, 2.45) is 5.92 Å². The number of halogens is 1. The number of nitrogen functional groups attached to an aromatic ring is 1. The van der Waals surface area contributed by atoms with E-state index in [9.17, 15) is 0 Å². The van der Waals surface area contributed by atoms with Gasteiger partial charge < -0.3 is 5.73 Å². The average molecular weight is 291 g/mol. The van der Waals surface area contributed by atoms with Crippen LogP contribution in [-0.4, -0.2) is 9.78 Å². The van der Waals surface area contributed by atoms with Crippen LogP contribution in [0, 0.1) is 16.4 Å². The summed E-state index contributed by atoms with van der Waals surface area (Å²) in [5.74, 6) is 1.65. The molecule has 1 saturated carbocycles. The predicted molar refractivity (Wildman–Crippen MR) is 61.4 cm³/mol. The lowest BCUT2D eigenvalue weighted by atomic mass is 9.85. The molecule has 0 unspecified atom stereocenters. The van der Waals surface area contributed by atoms with Crippen LogP contribution in [0.25, 0.3) is 0 Å². The highest BCUT2D eigenvalue weighted by Gasteiger charge is 2.20. The second kappa shape index (κ2) is 3.48. The molecule has 0 saturated heterocycles. The van der Waals surface area contributed by atoms with Crippen LogP contribution in [0.5, 0.6) is 0 Å². The number of nitrogens with two attached hydrogens (primary N) is 1. The number of rotatable bonds is 2. The van der Waals surface area contributed by atoms with E-state index in [4.69, 9.17) is 5.73 Å². The van der Waals surface area contributed by atoms with Gasteiger partial charge in [0.05, 0.1) is 9.26 Å². The van der Waals surface area contributed by atoms with Gasteiger partial charge in [-0.3, -0.25) is 0 Å². The minimum Gasteiger partial charge on any atom is -0.383 e. The van der Waals surface area contributed by atoms with E-state index in [1.54, 1.807) is 0 Å². The first-order valence-corrected chi connectivity index (χ1v) is 5.74. The molecule has 1 aromatic rings. The normalized spacial score (nSPS) is 17.4. The van der Waals surface area contributed by atoms with Crippen molar-refractivity contribution in [3.8, 4) is 0 Å². The van der Waals surface area contributed by atoms with Gasteiger partial charge in [0.25, 0.3) is 0 Å². The molecule has 0 atom stereocenters. The van der Waals surface area contributed by atoms with Crippen LogP contribution >= 0.6 is 22.6 Å². The molecule has 1 heterocycles. The lowest BCUT2D eigenvalue weighted by molar-refractivity contribution is 0.268. The Labute approximate surface area is 91.8 Å². The van der Waals surface area contributed by atoms with E-state index in [0.717, 1.165) is 27.5 Å². The van der Waals surface area contributed by atoms with E-state index in [1.807, 2.05) is 11.6 Å². The molecule has 0 amide bonds. The topological polar surface area (TPSA) is 43.8 Å². The Morgan fingerprint density at radius 2 is 2.31 bits per heavy atom. The molecule has 0 aromatic carbocycles. The molecule has 1 aromatic heterocycles. The molecule has 2 N–H and O–H groups in total. The maximum atomic E-state index is 5.92. The Balaban J connectivity index is 2.14. The molecule has 0 spiro atoms. The minimum absolute atomic E-state index is 0.817. The largest absolute Gasteiger partial charge is 0.383 e. The van der Waals surface area contributed by atoms with Gasteiger partial charge in [-0.1, -0.05) is 6.42 Å². The van der Waals surface area contributed by atoms with E-state index in [2.05, 4.69) is 27.7 Å². The fourth-order valence-electron chi connectivity index (χ4n) is 1.64. The first-order chi connectivity index (χ1) is 6.18. The summed E-state index contributed by atoms with van der Waals surface area (Å²) < 4.78 is 3.07. The second-order valence-corrected chi connectivity index (χ2v) is 4.84. The van der Waals surface area contributed by atoms with Crippen molar-refractivity contribution < 1.29 is 0 Å². The van der Waals surface area contributed by atoms with Crippen LogP contribution in [0.2, 0.25) is 0 Å². The molecule has 1 fully saturated rings. The Morgan fingerprint density at radius 3 is 2.69 bits per heavy atom. The molecule has 4 heteroatoms. The summed E-state index contributed by atoms with van der Waals surface area (Å²) in [6, 6.07) is 0. The van der Waals surface area contributed by atoms with Gasteiger partial charge in [0.1, 0.15) is 5.82 Å². The Bertz CT molecular complexity index is 315. The van der Waals surface area contributed by atoms with Crippen LogP contribution in [0.1, 0.15) is 25.0 Å². The number of hydrogen-bond acceptors (Lipinski definition) is 2. The van der Waals surface area contributed by atoms with Crippen LogP contribution in [0.4, 0.5) is 5.82 Å². The second-order valence-electron chi connectivity index (χ2n) is 3.76. The molecule has 1 aliphatic carbocycles. The molecular weight excluding hydrogens is 277 g/mol. The first kappa shape index (κ1) is 9.30. The van der Waals surface area contributed by atoms with Crippen molar-refractivity contribution in [1.29, 1.82) is 0 Å². The molecule has 2 rings (SSSR count). The van der Waals surface area contributed by atoms with Crippen LogP contribution in [0.15, 0.2) is 0 Å². The number of aromatic nitrogens is 2. The van der Waals surface area contributed by atoms with E-state index in [-0.39, 0.29) is 0 Å². The van der Waals surface area contributed by atoms with Crippen molar-refractivity contribution in [2.75, 3.05) is 5.73 Å². The third-order valence-electron chi connectivity index (χ3n) is 2.75. The highest BCUT2D eigenvalue weighted by atomic mass is 127. The summed E-state index contributed by atoms with van der Waals surface area (Å²) in [5.41, 5.74) is 6.98. The zero-order valence-corrected chi connectivity index (χ0v) is 9.91. The highest BCUT2D eigenvalue weighted by molar-refractivity contribution is 14.1. The average Bonchev–Trinajstić information content (AvgIpc) is 2.26. The Kier molecular flexibility index (Phi) is 2.49. The SMILES string of the molecule is Cc1nn(CC2CCC2)c(N)c1I. The van der Waals surface area contributed by atoms with E-state index in [0.29, 0.717) is 0 Å². The van der Waals surface area contributed by atoms with Crippen molar-refractivity contribution >= 4 is 28.4 Å². The van der Waals surface area contributed by atoms with Crippen molar-refractivity contribution in [3.05, 3.63) is 9.26 Å². The van der Waals surface area contributed by atoms with Gasteiger partial charge in [0, 0.05) is 6.54 Å². The zero-order chi connectivity index (χ0) is 9.42. The van der Waals surface area contributed by atoms with Crippen LogP contribution in [-0.2, 0) is 6.54 Å². The summed E-state index contributed by atoms with van der Waals surface area (Å²) in [6.45, 7) is 3.02. The van der Waals surface area contributed by atoms with Gasteiger partial charge in [0.15, 0.2) is 0 Å². The van der Waals surface area contributed by atoms with Gasteiger partial charge >= 0.3 is 0 Å². The van der Waals surface area contributed by atoms with Gasteiger partial charge in [-0.15, -0.1) is 0 Å². The molecular formula is C9H14IN3. The van der Waals surface area contributed by atoms with E-state index in [1.165, 1.54) is 19.3 Å². The minimum atomic E-state index is 0.817. The fraction of sp³-hybridized carbons (Fsp3) is 0.667. The smallest absolute Gasteiger partial charge is 0.135 e. The van der Waals surface area contributed by atoms with E-state index >= 15 is 0 Å². The third kappa shape index (κ3) is 1.68. The van der Waals surface area contributed by atoms with Crippen LogP contribution < -0.4 is 5.73 Å². The lowest BCUT2D eigenvalue weighted by Crippen LogP contribution is -2.19. The molecule has 3 nitrogen and oxygen atoms in total. The highest BCUT2D eigenvalue weighted by Crippen LogP contribution is 2.29. The maximum absolute atomic E-state index is 5.92. The summed E-state index contributed by atoms with van der Waals surface area (Å²) >= 11 is 2.26. The maximum Gasteiger partial charge on any atom is 0.135 e. The van der Waals surface area contributed by atoms with Gasteiger partial charge in [0.2, 0.25) is 0 Å². The van der Waals surface area contributed by atoms with Crippen molar-refractivity contribution in [1.82, 2.24) is 9.78 Å². The summed E-state index contributed by atoms with van der Waals surface area (Å²) in [7, 11) is 0. The standard InChI is InChI=1S/C9H14IN3/c1-6-8(10)9(11)13(12-6)5-7-3-2-4-7/h7H,2-5,11H2,1H3. The Hall–Kier alpha value is -0.260. The van der Waals surface area contributed by atoms with E-state index < -0.39 is 0 Å². The fourth-order valence-corrected chi connectivity index (χ4v) is 2.02. The van der Waals surface area contributed by atoms with Gasteiger partial charge in [-0.05, 0) is 48.3 Å². The third-order valence-corrected chi connectivity index (χ3v) is 4.08. The summed E-state index contributed by atoms with van der Waals surface area (Å²) in [5, 5.41) is 4.42. The van der Waals surface area contributed by atoms with Gasteiger partial charge in [-0.2, -0.15) is 5.10 Å². The number of nitrogens with zero attached hydrogens (tertiary/aromatic N) is 2. The predicted octanol–water partition coefficient (Wildman–Crippen LogP) is 2.18. The lowest BCUT2D eigenvalue weighted by Gasteiger charge is -2.25.